The second-order valence-electron chi connectivity index (χ2n) is 18.0. The minimum absolute atomic E-state index is 0.0160. The van der Waals surface area contributed by atoms with E-state index < -0.39 is 5.97 Å². The number of rotatable bonds is 9. The van der Waals surface area contributed by atoms with Gasteiger partial charge >= 0.3 is 5.97 Å². The molecule has 7 nitrogen and oxygen atoms in total. The molecule has 3 saturated carbocycles. The number of hydrogen-bond acceptors (Lipinski definition) is 6. The maximum Gasteiger partial charge on any atom is 0.307 e. The van der Waals surface area contributed by atoms with E-state index in [0.717, 1.165) is 77.7 Å². The highest BCUT2D eigenvalue weighted by atomic mass is 16.5. The summed E-state index contributed by atoms with van der Waals surface area (Å²) in [5.41, 5.74) is 0.629. The van der Waals surface area contributed by atoms with E-state index in [2.05, 4.69) is 66.8 Å². The lowest BCUT2D eigenvalue weighted by Crippen LogP contribution is -2.70. The molecule has 0 spiro atoms. The minimum Gasteiger partial charge on any atom is -0.481 e. The summed E-state index contributed by atoms with van der Waals surface area (Å²) in [6, 6.07) is 0. The molecule has 0 aromatic carbocycles. The van der Waals surface area contributed by atoms with E-state index in [1.807, 2.05) is 7.11 Å². The predicted molar refractivity (Wildman–Crippen MR) is 181 cm³/mol. The van der Waals surface area contributed by atoms with Gasteiger partial charge in [0.2, 0.25) is 0 Å². The summed E-state index contributed by atoms with van der Waals surface area (Å²) in [5.74, 6) is 0.634. The van der Waals surface area contributed by atoms with Crippen LogP contribution in [-0.2, 0) is 23.7 Å². The van der Waals surface area contributed by atoms with Crippen LogP contribution in [0.2, 0.25) is 0 Å². The second kappa shape index (κ2) is 12.1. The molecule has 2 heterocycles. The van der Waals surface area contributed by atoms with E-state index in [-0.39, 0.29) is 50.7 Å². The topological polar surface area (TPSA) is 86.2 Å². The van der Waals surface area contributed by atoms with Crippen LogP contribution in [0.1, 0.15) is 107 Å². The smallest absolute Gasteiger partial charge is 0.307 e. The normalized spacial score (nSPS) is 47.3. The largest absolute Gasteiger partial charge is 0.481 e. The summed E-state index contributed by atoms with van der Waals surface area (Å²) in [7, 11) is 1.87. The lowest BCUT2D eigenvalue weighted by molar-refractivity contribution is -0.270. The van der Waals surface area contributed by atoms with Gasteiger partial charge in [-0.2, -0.15) is 0 Å². The monoisotopic (exact) mass is 643 g/mol. The summed E-state index contributed by atoms with van der Waals surface area (Å²) < 4.78 is 25.9. The van der Waals surface area contributed by atoms with Gasteiger partial charge in [-0.3, -0.25) is 4.79 Å². The summed E-state index contributed by atoms with van der Waals surface area (Å²) in [6.07, 6.45) is 10.4. The van der Waals surface area contributed by atoms with E-state index in [1.54, 1.807) is 5.57 Å². The lowest BCUT2D eigenvalue weighted by Gasteiger charge is -2.71. The Morgan fingerprint density at radius 3 is 2.37 bits per heavy atom. The first-order valence-corrected chi connectivity index (χ1v) is 18.7. The van der Waals surface area contributed by atoms with Crippen molar-refractivity contribution < 1.29 is 28.8 Å². The number of nitrogens with one attached hydrogen (secondary N) is 1. The molecular formula is C39H65NO6. The molecule has 2 bridgehead atoms. The van der Waals surface area contributed by atoms with Crippen molar-refractivity contribution in [3.63, 3.8) is 0 Å². The molecule has 262 valence electrons. The molecule has 0 unspecified atom stereocenters. The zero-order valence-electron chi connectivity index (χ0n) is 30.5. The average molecular weight is 644 g/mol. The third-order valence-electron chi connectivity index (χ3n) is 15.9. The summed E-state index contributed by atoms with van der Waals surface area (Å²) in [4.78, 5) is 13.4. The third kappa shape index (κ3) is 4.86. The number of allylic oxidation sites excluding steroid dienone is 1. The fourth-order valence-corrected chi connectivity index (χ4v) is 12.8. The zero-order chi connectivity index (χ0) is 33.3. The van der Waals surface area contributed by atoms with Gasteiger partial charge < -0.3 is 29.4 Å². The minimum atomic E-state index is -0.599. The molecule has 46 heavy (non-hydrogen) atoms. The number of hydrogen-bond donors (Lipinski definition) is 2. The van der Waals surface area contributed by atoms with Gasteiger partial charge in [0.1, 0.15) is 0 Å². The van der Waals surface area contributed by atoms with E-state index in [1.165, 1.54) is 0 Å². The van der Waals surface area contributed by atoms with Crippen LogP contribution < -0.4 is 5.32 Å². The molecule has 7 heteroatoms. The van der Waals surface area contributed by atoms with Crippen LogP contribution in [-0.4, -0.2) is 75.5 Å². The van der Waals surface area contributed by atoms with Crippen LogP contribution in [0.15, 0.2) is 11.6 Å². The molecule has 5 fully saturated rings. The molecule has 2 N–H and O–H groups in total. The molecule has 6 rings (SSSR count). The second-order valence-corrected chi connectivity index (χ2v) is 18.0. The van der Waals surface area contributed by atoms with Crippen molar-refractivity contribution >= 4 is 5.97 Å². The number of ether oxygens (including phenoxy) is 4. The van der Waals surface area contributed by atoms with Gasteiger partial charge in [-0.05, 0) is 97.8 Å². The lowest BCUT2D eigenvalue weighted by atomic mass is 9.34. The molecule has 0 amide bonds. The van der Waals surface area contributed by atoms with Crippen molar-refractivity contribution in [2.75, 3.05) is 46.7 Å². The Morgan fingerprint density at radius 1 is 1.02 bits per heavy atom. The molecule has 11 atom stereocenters. The zero-order valence-corrected chi connectivity index (χ0v) is 30.5. The Kier molecular flexibility index (Phi) is 9.17. The maximum absolute atomic E-state index is 13.4. The van der Waals surface area contributed by atoms with Crippen molar-refractivity contribution in [3.8, 4) is 0 Å². The Balaban J connectivity index is 1.35. The highest BCUT2D eigenvalue weighted by Gasteiger charge is 2.71. The van der Waals surface area contributed by atoms with Crippen molar-refractivity contribution in [2.24, 2.45) is 56.7 Å². The van der Waals surface area contributed by atoms with Gasteiger partial charge in [-0.15, -0.1) is 0 Å². The Morgan fingerprint density at radius 2 is 1.74 bits per heavy atom. The van der Waals surface area contributed by atoms with Gasteiger partial charge in [0.25, 0.3) is 0 Å². The number of likely N-dealkylation sites (N-methyl/N-ethyl adjacent to an activating group) is 1. The quantitative estimate of drug-likeness (QED) is 0.259. The third-order valence-corrected chi connectivity index (χ3v) is 15.9. The standard InChI is InChI=1S/C39H65NO6/c1-10-40-38(17-19-44-20-18-38)23-46-32-29(43-9)21-39-24-45-22-35(32,6)30(39)12-11-27-28(39)13-14-37(8)31(33(41)42)34(5,26(4)25(2)3)15-16-36(27,37)7/h13,25-27,29-32,40H,10-12,14-24H2,1-9H3,(H,41,42)/t26-,27+,29-,30+,31-,32+,34-,35+,36-,37+,39+/m1/s1. The highest BCUT2D eigenvalue weighted by Crippen LogP contribution is 2.75. The number of fused-ring (bicyclic) bond motifs is 3. The summed E-state index contributed by atoms with van der Waals surface area (Å²) in [6.45, 7) is 23.1. The molecule has 2 saturated heterocycles. The Hall–Kier alpha value is -0.990. The molecule has 0 aromatic heterocycles. The Labute approximate surface area is 279 Å². The molecule has 0 radical (unpaired) electrons. The van der Waals surface area contributed by atoms with Crippen LogP contribution in [0, 0.1) is 56.7 Å². The van der Waals surface area contributed by atoms with Crippen LogP contribution in [0.4, 0.5) is 0 Å². The molecular weight excluding hydrogens is 578 g/mol. The SMILES string of the molecule is CCNC1(CO[C@H]2[C@H](OC)C[C@@]34COC[C@@]2(C)[C@@H]3CC[C@H]2C4=CC[C@@]3(C)[C@H](C(=O)O)[C@@](C)([C@H](C)C(C)C)CC[C@]23C)CCOCC1. The molecule has 2 aliphatic heterocycles. The number of methoxy groups -OCH3 is 1. The van der Waals surface area contributed by atoms with E-state index in [9.17, 15) is 9.90 Å². The van der Waals surface area contributed by atoms with Gasteiger partial charge in [-0.1, -0.05) is 67.0 Å². The van der Waals surface area contributed by atoms with Gasteiger partial charge in [-0.25, -0.2) is 0 Å². The number of carboxylic acids is 1. The van der Waals surface area contributed by atoms with Crippen molar-refractivity contribution in [2.45, 2.75) is 125 Å². The van der Waals surface area contributed by atoms with E-state index in [4.69, 9.17) is 18.9 Å². The number of aliphatic carboxylic acids is 1. The average Bonchev–Trinajstić information content (AvgIpc) is 3.00. The van der Waals surface area contributed by atoms with Crippen LogP contribution in [0.3, 0.4) is 0 Å². The van der Waals surface area contributed by atoms with Crippen molar-refractivity contribution in [3.05, 3.63) is 11.6 Å². The number of carbonyl (C=O) groups is 1. The molecule has 4 aliphatic carbocycles. The fraction of sp³-hybridized carbons (Fsp3) is 0.923. The Bertz CT molecular complexity index is 1180. The van der Waals surface area contributed by atoms with E-state index >= 15 is 0 Å². The first-order chi connectivity index (χ1) is 21.7. The van der Waals surface area contributed by atoms with Gasteiger partial charge in [0, 0.05) is 36.7 Å². The van der Waals surface area contributed by atoms with Crippen LogP contribution in [0.25, 0.3) is 0 Å². The maximum atomic E-state index is 13.4. The van der Waals surface area contributed by atoms with Crippen molar-refractivity contribution in [1.82, 2.24) is 5.32 Å². The summed E-state index contributed by atoms with van der Waals surface area (Å²) >= 11 is 0. The number of carboxylic acid groups (broad SMARTS) is 1. The fourth-order valence-electron chi connectivity index (χ4n) is 12.8. The summed E-state index contributed by atoms with van der Waals surface area (Å²) in [5, 5.41) is 14.8. The predicted octanol–water partition coefficient (Wildman–Crippen LogP) is 7.13. The first-order valence-electron chi connectivity index (χ1n) is 18.7. The molecule has 6 aliphatic rings. The van der Waals surface area contributed by atoms with Crippen LogP contribution in [0.5, 0.6) is 0 Å². The first kappa shape index (κ1) is 34.9. The molecule has 0 aromatic rings. The van der Waals surface area contributed by atoms with E-state index in [0.29, 0.717) is 36.9 Å². The van der Waals surface area contributed by atoms with Crippen LogP contribution >= 0.6 is 0 Å². The highest BCUT2D eigenvalue weighted by molar-refractivity contribution is 5.73. The van der Waals surface area contributed by atoms with Gasteiger partial charge in [0.15, 0.2) is 0 Å². The van der Waals surface area contributed by atoms with Crippen molar-refractivity contribution in [1.29, 1.82) is 0 Å². The van der Waals surface area contributed by atoms with Gasteiger partial charge in [0.05, 0.1) is 37.9 Å².